The Labute approximate surface area is 148 Å². The van der Waals surface area contributed by atoms with E-state index in [1.54, 1.807) is 6.92 Å². The first-order valence-electron chi connectivity index (χ1n) is 9.32. The molecule has 0 unspecified atom stereocenters. The minimum absolute atomic E-state index is 0.166. The number of unbranched alkanes of at least 4 members (excludes halogenated alkanes) is 11. The Morgan fingerprint density at radius 1 is 0.792 bits per heavy atom. The van der Waals surface area contributed by atoms with Gasteiger partial charge in [-0.3, -0.25) is 0 Å². The summed E-state index contributed by atoms with van der Waals surface area (Å²) >= 11 is 0. The number of rotatable bonds is 16. The molecule has 0 aromatic carbocycles. The van der Waals surface area contributed by atoms with Gasteiger partial charge < -0.3 is 19.1 Å². The number of hydrogen-bond acceptors (Lipinski definition) is 5. The SMILES string of the molecule is C=C(C)C(=O)OCCCCCCCCCCCCCC[Si](O)(O)O. The fourth-order valence-electron chi connectivity index (χ4n) is 2.52. The summed E-state index contributed by atoms with van der Waals surface area (Å²) in [5.74, 6) is -0.291. The molecule has 0 spiro atoms. The van der Waals surface area contributed by atoms with Crippen molar-refractivity contribution in [3.63, 3.8) is 0 Å². The second kappa shape index (κ2) is 14.6. The predicted octanol–water partition coefficient (Wildman–Crippen LogP) is 3.70. The summed E-state index contributed by atoms with van der Waals surface area (Å²) in [6, 6.07) is 0.166. The third kappa shape index (κ3) is 17.7. The zero-order chi connectivity index (χ0) is 18.3. The highest BCUT2D eigenvalue weighted by molar-refractivity contribution is 6.56. The molecule has 0 radical (unpaired) electrons. The lowest BCUT2D eigenvalue weighted by Gasteiger charge is -2.08. The van der Waals surface area contributed by atoms with Crippen molar-refractivity contribution in [1.29, 1.82) is 0 Å². The van der Waals surface area contributed by atoms with Crippen LogP contribution in [0.15, 0.2) is 12.2 Å². The molecule has 0 saturated carbocycles. The number of carbonyl (C=O) groups is 1. The van der Waals surface area contributed by atoms with Crippen LogP contribution in [-0.2, 0) is 9.53 Å². The minimum atomic E-state index is -3.80. The molecule has 0 aromatic heterocycles. The number of carbonyl (C=O) groups excluding carboxylic acids is 1. The molecule has 0 aliphatic carbocycles. The standard InChI is InChI=1S/C18H36O5Si/c1-17(2)18(19)23-15-13-11-9-7-5-3-4-6-8-10-12-14-16-24(20,21)22/h20-22H,1,3-16H2,2H3. The lowest BCUT2D eigenvalue weighted by molar-refractivity contribution is -0.139. The summed E-state index contributed by atoms with van der Waals surface area (Å²) in [5, 5.41) is 0. The highest BCUT2D eigenvalue weighted by Crippen LogP contribution is 2.13. The molecular weight excluding hydrogens is 324 g/mol. The van der Waals surface area contributed by atoms with Gasteiger partial charge in [-0.1, -0.05) is 70.8 Å². The fourth-order valence-corrected chi connectivity index (χ4v) is 3.24. The van der Waals surface area contributed by atoms with Crippen LogP contribution in [0.3, 0.4) is 0 Å². The lowest BCUT2D eigenvalue weighted by atomic mass is 10.1. The minimum Gasteiger partial charge on any atom is -0.462 e. The molecular formula is C18H36O5Si. The molecule has 0 rings (SSSR count). The molecule has 24 heavy (non-hydrogen) atoms. The summed E-state index contributed by atoms with van der Waals surface area (Å²) < 4.78 is 5.04. The Kier molecular flexibility index (Phi) is 14.2. The van der Waals surface area contributed by atoms with Gasteiger partial charge in [-0.25, -0.2) is 4.79 Å². The number of esters is 1. The summed E-state index contributed by atoms with van der Waals surface area (Å²) in [4.78, 5) is 37.8. The van der Waals surface area contributed by atoms with Crippen molar-refractivity contribution in [2.24, 2.45) is 0 Å². The molecule has 0 bridgehead atoms. The van der Waals surface area contributed by atoms with Gasteiger partial charge in [-0.2, -0.15) is 0 Å². The second-order valence-electron chi connectivity index (χ2n) is 6.68. The molecule has 0 aliphatic heterocycles. The van der Waals surface area contributed by atoms with Gasteiger partial charge in [0.1, 0.15) is 0 Å². The third-order valence-electron chi connectivity index (χ3n) is 3.99. The van der Waals surface area contributed by atoms with Crippen molar-refractivity contribution < 1.29 is 23.9 Å². The summed E-state index contributed by atoms with van der Waals surface area (Å²) in [6.07, 6.45) is 13.5. The van der Waals surface area contributed by atoms with Crippen LogP contribution < -0.4 is 0 Å². The maximum Gasteiger partial charge on any atom is 0.492 e. The van der Waals surface area contributed by atoms with Crippen molar-refractivity contribution in [2.45, 2.75) is 90.0 Å². The zero-order valence-electron chi connectivity index (χ0n) is 15.3. The molecule has 142 valence electrons. The van der Waals surface area contributed by atoms with Crippen molar-refractivity contribution in [2.75, 3.05) is 6.61 Å². The van der Waals surface area contributed by atoms with Crippen LogP contribution in [0.2, 0.25) is 6.04 Å². The molecule has 0 atom stereocenters. The van der Waals surface area contributed by atoms with E-state index in [2.05, 4.69) is 6.58 Å². The highest BCUT2D eigenvalue weighted by Gasteiger charge is 2.25. The van der Waals surface area contributed by atoms with E-state index < -0.39 is 8.80 Å². The molecule has 0 aromatic rings. The monoisotopic (exact) mass is 360 g/mol. The topological polar surface area (TPSA) is 87.0 Å². The second-order valence-corrected chi connectivity index (χ2v) is 8.73. The molecule has 0 aliphatic rings. The number of hydrogen-bond donors (Lipinski definition) is 3. The van der Waals surface area contributed by atoms with Crippen LogP contribution in [0, 0.1) is 0 Å². The van der Waals surface area contributed by atoms with Crippen molar-refractivity contribution in [3.05, 3.63) is 12.2 Å². The van der Waals surface area contributed by atoms with Gasteiger partial charge in [0.15, 0.2) is 0 Å². The first kappa shape index (κ1) is 23.3. The summed E-state index contributed by atoms with van der Waals surface area (Å²) in [5.41, 5.74) is 0.458. The van der Waals surface area contributed by atoms with Gasteiger partial charge >= 0.3 is 14.8 Å². The van der Waals surface area contributed by atoms with E-state index in [1.807, 2.05) is 0 Å². The van der Waals surface area contributed by atoms with Gasteiger partial charge in [-0.05, 0) is 19.8 Å². The maximum atomic E-state index is 11.2. The molecule has 0 fully saturated rings. The van der Waals surface area contributed by atoms with E-state index in [9.17, 15) is 4.79 Å². The van der Waals surface area contributed by atoms with Gasteiger partial charge in [-0.15, -0.1) is 0 Å². The average Bonchev–Trinajstić information content (AvgIpc) is 2.49. The Bertz CT molecular complexity index is 339. The van der Waals surface area contributed by atoms with E-state index >= 15 is 0 Å². The first-order valence-corrected chi connectivity index (χ1v) is 11.4. The van der Waals surface area contributed by atoms with Gasteiger partial charge in [0.2, 0.25) is 0 Å². The molecule has 0 heterocycles. The van der Waals surface area contributed by atoms with Crippen LogP contribution >= 0.6 is 0 Å². The van der Waals surface area contributed by atoms with E-state index in [0.29, 0.717) is 18.6 Å². The normalized spacial score (nSPS) is 11.5. The van der Waals surface area contributed by atoms with E-state index in [-0.39, 0.29) is 12.0 Å². The molecule has 3 N–H and O–H groups in total. The van der Waals surface area contributed by atoms with Crippen LogP contribution in [0.1, 0.15) is 84.0 Å². The average molecular weight is 361 g/mol. The third-order valence-corrected chi connectivity index (χ3v) is 5.01. The lowest BCUT2D eigenvalue weighted by Crippen LogP contribution is -2.33. The Morgan fingerprint density at radius 3 is 1.54 bits per heavy atom. The maximum absolute atomic E-state index is 11.2. The fraction of sp³-hybridized carbons (Fsp3) is 0.833. The summed E-state index contributed by atoms with van der Waals surface area (Å²) in [7, 11) is -3.80. The van der Waals surface area contributed by atoms with Crippen LogP contribution in [0.5, 0.6) is 0 Å². The predicted molar refractivity (Wildman–Crippen MR) is 98.4 cm³/mol. The Hall–Kier alpha value is -0.693. The zero-order valence-corrected chi connectivity index (χ0v) is 16.3. The van der Waals surface area contributed by atoms with Crippen molar-refractivity contribution in [3.8, 4) is 0 Å². The quantitative estimate of drug-likeness (QED) is 0.169. The largest absolute Gasteiger partial charge is 0.492 e. The van der Waals surface area contributed by atoms with Crippen LogP contribution in [-0.4, -0.2) is 35.8 Å². The Morgan fingerprint density at radius 2 is 1.17 bits per heavy atom. The Balaban J connectivity index is 3.13. The number of ether oxygens (including phenoxy) is 1. The van der Waals surface area contributed by atoms with Crippen LogP contribution in [0.4, 0.5) is 0 Å². The van der Waals surface area contributed by atoms with Crippen molar-refractivity contribution in [1.82, 2.24) is 0 Å². The molecule has 5 nitrogen and oxygen atoms in total. The summed E-state index contributed by atoms with van der Waals surface area (Å²) in [6.45, 7) is 5.70. The van der Waals surface area contributed by atoms with Crippen LogP contribution in [0.25, 0.3) is 0 Å². The van der Waals surface area contributed by atoms with Gasteiger partial charge in [0.25, 0.3) is 0 Å². The molecule has 0 saturated heterocycles. The van der Waals surface area contributed by atoms with Crippen molar-refractivity contribution >= 4 is 14.8 Å². The van der Waals surface area contributed by atoms with E-state index in [1.165, 1.54) is 44.9 Å². The first-order chi connectivity index (χ1) is 11.3. The smallest absolute Gasteiger partial charge is 0.462 e. The van der Waals surface area contributed by atoms with E-state index in [0.717, 1.165) is 25.7 Å². The van der Waals surface area contributed by atoms with E-state index in [4.69, 9.17) is 19.1 Å². The molecule has 0 amide bonds. The highest BCUT2D eigenvalue weighted by atomic mass is 28.4. The molecule has 6 heteroatoms. The van der Waals surface area contributed by atoms with Gasteiger partial charge in [0, 0.05) is 11.6 Å². The van der Waals surface area contributed by atoms with Gasteiger partial charge in [0.05, 0.1) is 6.61 Å².